The molecule has 0 radical (unpaired) electrons. The predicted octanol–water partition coefficient (Wildman–Crippen LogP) is 7.33. The predicted molar refractivity (Wildman–Crippen MR) is 214 cm³/mol. The monoisotopic (exact) mass is 794 g/mol. The van der Waals surface area contributed by atoms with Crippen molar-refractivity contribution in [3.05, 3.63) is 142 Å². The highest BCUT2D eigenvalue weighted by Gasteiger charge is 2.44. The highest BCUT2D eigenvalue weighted by Crippen LogP contribution is 2.49. The summed E-state index contributed by atoms with van der Waals surface area (Å²) in [7, 11) is 0. The van der Waals surface area contributed by atoms with Crippen LogP contribution < -0.4 is 0 Å². The molecule has 306 valence electrons. The van der Waals surface area contributed by atoms with Gasteiger partial charge in [0, 0.05) is 6.08 Å². The van der Waals surface area contributed by atoms with Gasteiger partial charge in [0.25, 0.3) is 0 Å². The van der Waals surface area contributed by atoms with Gasteiger partial charge in [-0.3, -0.25) is 9.59 Å². The normalized spacial score (nSPS) is 17.4. The van der Waals surface area contributed by atoms with E-state index in [1.54, 1.807) is 107 Å². The summed E-state index contributed by atoms with van der Waals surface area (Å²) in [5.74, 6) is -3.49. The Labute approximate surface area is 338 Å². The number of hydrogen-bond acceptors (Lipinski definition) is 12. The molecule has 0 saturated heterocycles. The molecule has 12 nitrogen and oxygen atoms in total. The highest BCUT2D eigenvalue weighted by atomic mass is 16.6. The molecule has 2 aromatic carbocycles. The van der Waals surface area contributed by atoms with Crippen LogP contribution in [0.2, 0.25) is 0 Å². The number of carbonyl (C=O) groups is 6. The summed E-state index contributed by atoms with van der Waals surface area (Å²) in [5, 5.41) is 0. The van der Waals surface area contributed by atoms with E-state index in [2.05, 4.69) is 6.58 Å². The van der Waals surface area contributed by atoms with Gasteiger partial charge >= 0.3 is 35.8 Å². The van der Waals surface area contributed by atoms with Gasteiger partial charge in [0.05, 0.1) is 16.7 Å². The lowest BCUT2D eigenvalue weighted by Crippen LogP contribution is -2.34. The third kappa shape index (κ3) is 10.6. The fourth-order valence-corrected chi connectivity index (χ4v) is 6.28. The first kappa shape index (κ1) is 44.4. The van der Waals surface area contributed by atoms with Crippen LogP contribution in [0.5, 0.6) is 0 Å². The molecule has 2 aliphatic carbocycles. The van der Waals surface area contributed by atoms with Crippen LogP contribution in [0.25, 0.3) is 0 Å². The zero-order valence-corrected chi connectivity index (χ0v) is 33.8. The maximum absolute atomic E-state index is 13.5. The Morgan fingerprint density at radius 2 is 1.17 bits per heavy atom. The molecule has 0 aliphatic heterocycles. The molecule has 0 bridgehead atoms. The van der Waals surface area contributed by atoms with Crippen molar-refractivity contribution in [2.24, 2.45) is 10.8 Å². The molecule has 58 heavy (non-hydrogen) atoms. The summed E-state index contributed by atoms with van der Waals surface area (Å²) in [6.45, 7) is 13.3. The zero-order chi connectivity index (χ0) is 42.5. The van der Waals surface area contributed by atoms with Crippen molar-refractivity contribution < 1.29 is 57.2 Å². The quantitative estimate of drug-likeness (QED) is 0.0370. The Morgan fingerprint density at radius 3 is 1.69 bits per heavy atom. The van der Waals surface area contributed by atoms with E-state index in [1.165, 1.54) is 12.2 Å². The van der Waals surface area contributed by atoms with E-state index in [1.807, 2.05) is 6.92 Å². The molecule has 2 aliphatic rings. The van der Waals surface area contributed by atoms with Crippen molar-refractivity contribution in [3.63, 3.8) is 0 Å². The van der Waals surface area contributed by atoms with Crippen LogP contribution in [0, 0.1) is 10.8 Å². The number of esters is 6. The summed E-state index contributed by atoms with van der Waals surface area (Å²) in [6, 6.07) is 17.0. The van der Waals surface area contributed by atoms with Gasteiger partial charge in [0.15, 0.2) is 0 Å². The molecule has 4 rings (SSSR count). The maximum atomic E-state index is 13.5. The van der Waals surface area contributed by atoms with E-state index in [9.17, 15) is 28.8 Å². The second-order valence-electron chi connectivity index (χ2n) is 14.1. The summed E-state index contributed by atoms with van der Waals surface area (Å²) < 4.78 is 32.1. The summed E-state index contributed by atoms with van der Waals surface area (Å²) in [4.78, 5) is 76.7. The summed E-state index contributed by atoms with van der Waals surface area (Å²) in [6.07, 6.45) is 7.10. The smallest absolute Gasteiger partial charge is 0.338 e. The van der Waals surface area contributed by atoms with Crippen LogP contribution >= 0.6 is 0 Å². The largest absolute Gasteiger partial charge is 0.461 e. The number of benzene rings is 2. The summed E-state index contributed by atoms with van der Waals surface area (Å²) >= 11 is 0. The Morgan fingerprint density at radius 1 is 0.690 bits per heavy atom. The van der Waals surface area contributed by atoms with Crippen LogP contribution in [0.4, 0.5) is 0 Å². The van der Waals surface area contributed by atoms with Gasteiger partial charge in [-0.25, -0.2) is 19.2 Å². The van der Waals surface area contributed by atoms with E-state index < -0.39 is 46.6 Å². The minimum absolute atomic E-state index is 0.116. The zero-order valence-electron chi connectivity index (χ0n) is 33.8. The van der Waals surface area contributed by atoms with Gasteiger partial charge < -0.3 is 28.4 Å². The van der Waals surface area contributed by atoms with Gasteiger partial charge in [0.1, 0.15) is 50.5 Å². The van der Waals surface area contributed by atoms with Gasteiger partial charge in [-0.1, -0.05) is 71.8 Å². The summed E-state index contributed by atoms with van der Waals surface area (Å²) in [5.41, 5.74) is 2.78. The van der Waals surface area contributed by atoms with Gasteiger partial charge in [-0.15, -0.1) is 0 Å². The van der Waals surface area contributed by atoms with E-state index in [-0.39, 0.29) is 39.6 Å². The van der Waals surface area contributed by atoms with Crippen LogP contribution in [-0.2, 0) is 47.6 Å². The molecule has 0 spiro atoms. The van der Waals surface area contributed by atoms with Gasteiger partial charge in [0.2, 0.25) is 0 Å². The molecule has 2 unspecified atom stereocenters. The molecule has 1 fully saturated rings. The first-order chi connectivity index (χ1) is 27.6. The lowest BCUT2D eigenvalue weighted by Gasteiger charge is -2.33. The maximum Gasteiger partial charge on any atom is 0.338 e. The van der Waals surface area contributed by atoms with Crippen molar-refractivity contribution in [1.29, 1.82) is 0 Å². The van der Waals surface area contributed by atoms with Crippen molar-refractivity contribution in [3.8, 4) is 0 Å². The van der Waals surface area contributed by atoms with Crippen molar-refractivity contribution in [2.75, 3.05) is 39.6 Å². The number of fused-ring (bicyclic) bond motifs is 1. The molecule has 1 saturated carbocycles. The average molecular weight is 795 g/mol. The van der Waals surface area contributed by atoms with Crippen molar-refractivity contribution in [2.45, 2.75) is 54.4 Å². The van der Waals surface area contributed by atoms with Gasteiger partial charge in [-0.2, -0.15) is 0 Å². The Balaban J connectivity index is 1.25. The first-order valence-electron chi connectivity index (χ1n) is 18.9. The lowest BCUT2D eigenvalue weighted by molar-refractivity contribution is -0.152. The average Bonchev–Trinajstić information content (AvgIpc) is 3.26. The van der Waals surface area contributed by atoms with Gasteiger partial charge in [-0.05, 0) is 101 Å². The minimum atomic E-state index is -1.22. The van der Waals surface area contributed by atoms with E-state index in [0.717, 1.165) is 16.7 Å². The fourth-order valence-electron chi connectivity index (χ4n) is 6.28. The number of rotatable bonds is 18. The van der Waals surface area contributed by atoms with Crippen LogP contribution in [-0.4, -0.2) is 75.5 Å². The molecule has 12 heteroatoms. The molecule has 0 N–H and O–H groups in total. The molecule has 2 aromatic rings. The Bertz CT molecular complexity index is 2070. The Kier molecular flexibility index (Phi) is 15.5. The third-order valence-corrected chi connectivity index (χ3v) is 10.6. The number of carbonyl (C=O) groups excluding carboxylic acids is 6. The molecule has 2 atom stereocenters. The standard InChI is InChI=1S/C46H50O12/c1-30(2)45(6,43(51)57-27-25-54-40(48)34-16-10-8-11-17-34)31(3)15-14-20-39(47)53-23-24-56-42(50)38-29-32(4)46(7,33(5)36-21-22-37(36)38)44(52)58-28-26-55-41(49)35-18-12-9-13-19-35/h8-20,29H,1,21-28H2,2-7H3/b20-14+,31-15+. The molecule has 0 heterocycles. The van der Waals surface area contributed by atoms with E-state index >= 15 is 0 Å². The second-order valence-corrected chi connectivity index (χ2v) is 14.1. The van der Waals surface area contributed by atoms with Crippen molar-refractivity contribution >= 4 is 35.8 Å². The topological polar surface area (TPSA) is 158 Å². The lowest BCUT2D eigenvalue weighted by atomic mass is 9.71. The van der Waals surface area contributed by atoms with Crippen LogP contribution in [0.3, 0.4) is 0 Å². The number of ether oxygens (including phenoxy) is 6. The van der Waals surface area contributed by atoms with Crippen molar-refractivity contribution in [1.82, 2.24) is 0 Å². The Hall–Kier alpha value is -6.30. The van der Waals surface area contributed by atoms with Crippen LogP contribution in [0.15, 0.2) is 131 Å². The number of allylic oxidation sites excluding steroid dienone is 4. The van der Waals surface area contributed by atoms with E-state index in [4.69, 9.17) is 28.4 Å². The molecular weight excluding hydrogens is 744 g/mol. The van der Waals surface area contributed by atoms with E-state index in [0.29, 0.717) is 46.3 Å². The number of hydrogen-bond donors (Lipinski definition) is 0. The first-order valence-corrected chi connectivity index (χ1v) is 18.9. The molecule has 0 amide bonds. The molecular formula is C46H50O12. The second kappa shape index (κ2) is 20.2. The third-order valence-electron chi connectivity index (χ3n) is 10.6. The highest BCUT2D eigenvalue weighted by molar-refractivity contribution is 5.96. The minimum Gasteiger partial charge on any atom is -0.461 e. The molecule has 0 aromatic heterocycles. The van der Waals surface area contributed by atoms with Crippen LogP contribution in [0.1, 0.15) is 75.1 Å². The SMILES string of the molecule is C=C(C)C(C)(C(=O)OCCOC(=O)c1ccccc1)/C(C)=C/C=C/C(=O)OCCOC(=O)C1=C2CCC2=C(C)C(C)(C(=O)OCCOC(=O)c2ccccc2)C(C)=C1. The fraction of sp³-hybridized carbons (Fsp3) is 0.348.